The van der Waals surface area contributed by atoms with Gasteiger partial charge in [0, 0.05) is 11.6 Å². The van der Waals surface area contributed by atoms with Crippen LogP contribution in [0, 0.1) is 5.41 Å². The summed E-state index contributed by atoms with van der Waals surface area (Å²) in [6.07, 6.45) is 10.1. The summed E-state index contributed by atoms with van der Waals surface area (Å²) >= 11 is 0. The number of rotatable bonds is 15. The van der Waals surface area contributed by atoms with E-state index in [2.05, 4.69) is 70.2 Å². The van der Waals surface area contributed by atoms with E-state index in [-0.39, 0.29) is 12.0 Å². The smallest absolute Gasteiger partial charge is 0.313 e. The standard InChI is InChI=1S/C38H58N2O3/c1-26(2)30-21-31(27(3)4)23-32(22-30)29-15-13-14-28-16-17-34(24-33(28)20-29)42-18-11-9-10-12-19-43-36(41)38(7,8)35(39)25-37(5,6)40/h16-17,20-24,26-27,35H,9-15,18-19,25,39-40H2,1-8H3. The van der Waals surface area contributed by atoms with Crippen LogP contribution >= 0.6 is 0 Å². The lowest BCUT2D eigenvalue weighted by atomic mass is 9.79. The monoisotopic (exact) mass is 590 g/mol. The number of unbranched alkanes of at least 4 members (excludes halogenated alkanes) is 3. The molecule has 1 aliphatic carbocycles. The summed E-state index contributed by atoms with van der Waals surface area (Å²) in [4.78, 5) is 12.6. The van der Waals surface area contributed by atoms with Gasteiger partial charge < -0.3 is 20.9 Å². The van der Waals surface area contributed by atoms with E-state index < -0.39 is 11.0 Å². The molecule has 0 aromatic heterocycles. The maximum absolute atomic E-state index is 12.6. The minimum absolute atomic E-state index is 0.249. The Morgan fingerprint density at radius 1 is 0.860 bits per heavy atom. The largest absolute Gasteiger partial charge is 0.494 e. The lowest BCUT2D eigenvalue weighted by molar-refractivity contribution is -0.155. The number of nitrogens with two attached hydrogens (primary N) is 2. The normalized spacial score (nSPS) is 14.7. The highest BCUT2D eigenvalue weighted by atomic mass is 16.5. The Bertz CT molecular complexity index is 1210. The quantitative estimate of drug-likeness (QED) is 0.160. The van der Waals surface area contributed by atoms with Crippen molar-refractivity contribution < 1.29 is 14.3 Å². The second-order valence-corrected chi connectivity index (χ2v) is 14.5. The predicted molar refractivity (Wildman–Crippen MR) is 181 cm³/mol. The number of fused-ring (bicyclic) bond motifs is 1. The predicted octanol–water partition coefficient (Wildman–Crippen LogP) is 8.77. The number of aryl methyl sites for hydroxylation is 1. The van der Waals surface area contributed by atoms with Gasteiger partial charge in [0.2, 0.25) is 0 Å². The van der Waals surface area contributed by atoms with Gasteiger partial charge in [0.15, 0.2) is 0 Å². The second kappa shape index (κ2) is 15.4. The Morgan fingerprint density at radius 2 is 1.49 bits per heavy atom. The van der Waals surface area contributed by atoms with Gasteiger partial charge >= 0.3 is 5.97 Å². The van der Waals surface area contributed by atoms with Crippen molar-refractivity contribution in [2.75, 3.05) is 13.2 Å². The molecule has 2 aromatic carbocycles. The number of carbonyl (C=O) groups excluding carboxylic acids is 1. The zero-order valence-corrected chi connectivity index (χ0v) is 28.2. The van der Waals surface area contributed by atoms with Gasteiger partial charge in [0.05, 0.1) is 18.6 Å². The van der Waals surface area contributed by atoms with E-state index in [9.17, 15) is 4.79 Å². The summed E-state index contributed by atoms with van der Waals surface area (Å²) < 4.78 is 11.7. The van der Waals surface area contributed by atoms with Gasteiger partial charge in [-0.15, -0.1) is 0 Å². The van der Waals surface area contributed by atoms with Crippen molar-refractivity contribution in [3.8, 4) is 5.75 Å². The van der Waals surface area contributed by atoms with E-state index in [0.29, 0.717) is 31.5 Å². The van der Waals surface area contributed by atoms with Crippen LogP contribution in [0.5, 0.6) is 5.75 Å². The van der Waals surface area contributed by atoms with Crippen LogP contribution in [0.2, 0.25) is 0 Å². The van der Waals surface area contributed by atoms with Crippen LogP contribution in [0.3, 0.4) is 0 Å². The van der Waals surface area contributed by atoms with Gasteiger partial charge in [-0.25, -0.2) is 0 Å². The lowest BCUT2D eigenvalue weighted by Crippen LogP contribution is -2.50. The molecule has 0 saturated carbocycles. The highest BCUT2D eigenvalue weighted by Gasteiger charge is 2.38. The molecule has 238 valence electrons. The van der Waals surface area contributed by atoms with E-state index in [0.717, 1.165) is 50.7 Å². The number of hydrogen-bond acceptors (Lipinski definition) is 5. The third kappa shape index (κ3) is 10.5. The van der Waals surface area contributed by atoms with E-state index in [1.165, 1.54) is 33.4 Å². The van der Waals surface area contributed by atoms with E-state index in [1.807, 2.05) is 27.7 Å². The molecule has 0 radical (unpaired) electrons. The van der Waals surface area contributed by atoms with Crippen molar-refractivity contribution in [1.82, 2.24) is 0 Å². The van der Waals surface area contributed by atoms with Gasteiger partial charge in [0.25, 0.3) is 0 Å². The first-order valence-corrected chi connectivity index (χ1v) is 16.5. The van der Waals surface area contributed by atoms with Crippen molar-refractivity contribution in [3.05, 3.63) is 64.2 Å². The zero-order chi connectivity index (χ0) is 31.8. The molecule has 0 bridgehead atoms. The Labute approximate surface area is 261 Å². The van der Waals surface area contributed by atoms with Crippen molar-refractivity contribution in [2.24, 2.45) is 16.9 Å². The summed E-state index contributed by atoms with van der Waals surface area (Å²) in [7, 11) is 0. The van der Waals surface area contributed by atoms with Crippen molar-refractivity contribution in [3.63, 3.8) is 0 Å². The Hall–Kier alpha value is -2.63. The molecule has 0 saturated heterocycles. The van der Waals surface area contributed by atoms with E-state index in [4.69, 9.17) is 20.9 Å². The van der Waals surface area contributed by atoms with Gasteiger partial charge in [-0.2, -0.15) is 0 Å². The van der Waals surface area contributed by atoms with Crippen LogP contribution in [-0.2, 0) is 16.0 Å². The van der Waals surface area contributed by atoms with Crippen molar-refractivity contribution in [1.29, 1.82) is 0 Å². The van der Waals surface area contributed by atoms with Crippen LogP contribution in [-0.4, -0.2) is 30.8 Å². The molecule has 4 N–H and O–H groups in total. The molecule has 1 atom stereocenters. The van der Waals surface area contributed by atoms with E-state index in [1.54, 1.807) is 0 Å². The highest BCUT2D eigenvalue weighted by molar-refractivity contribution is 5.84. The first-order chi connectivity index (χ1) is 20.2. The molecule has 43 heavy (non-hydrogen) atoms. The van der Waals surface area contributed by atoms with Crippen LogP contribution < -0.4 is 16.2 Å². The summed E-state index contributed by atoms with van der Waals surface area (Å²) in [5.74, 6) is 1.71. The maximum atomic E-state index is 12.6. The molecule has 5 heteroatoms. The number of esters is 1. The van der Waals surface area contributed by atoms with Gasteiger partial charge in [-0.05, 0) is 136 Å². The van der Waals surface area contributed by atoms with Crippen LogP contribution in [0.1, 0.15) is 140 Å². The average Bonchev–Trinajstić information content (AvgIpc) is 3.15. The summed E-state index contributed by atoms with van der Waals surface area (Å²) in [5, 5.41) is 0. The van der Waals surface area contributed by atoms with Crippen LogP contribution in [0.4, 0.5) is 0 Å². The first kappa shape index (κ1) is 34.9. The molecule has 0 amide bonds. The summed E-state index contributed by atoms with van der Waals surface area (Å²) in [6, 6.07) is 13.4. The van der Waals surface area contributed by atoms with Gasteiger partial charge in [0.1, 0.15) is 5.75 Å². The number of benzene rings is 2. The van der Waals surface area contributed by atoms with Crippen molar-refractivity contribution in [2.45, 2.75) is 130 Å². The molecule has 1 unspecified atom stereocenters. The molecule has 0 fully saturated rings. The third-order valence-corrected chi connectivity index (χ3v) is 8.76. The summed E-state index contributed by atoms with van der Waals surface area (Å²) in [6.45, 7) is 17.7. The number of hydrogen-bond donors (Lipinski definition) is 2. The molecular weight excluding hydrogens is 532 g/mol. The fourth-order valence-corrected chi connectivity index (χ4v) is 5.58. The topological polar surface area (TPSA) is 87.6 Å². The lowest BCUT2D eigenvalue weighted by Gasteiger charge is -2.33. The van der Waals surface area contributed by atoms with Crippen molar-refractivity contribution >= 4 is 17.6 Å². The fraction of sp³-hybridized carbons (Fsp3) is 0.605. The van der Waals surface area contributed by atoms with Gasteiger partial charge in [-0.3, -0.25) is 4.79 Å². The Balaban J connectivity index is 1.49. The Kier molecular flexibility index (Phi) is 12.5. The SMILES string of the molecule is CC(C)c1cc(C2=Cc3cc(OCCCCCCOC(=O)C(C)(C)C(N)CC(C)(C)N)ccc3CCC2)cc(C(C)C)c1. The minimum atomic E-state index is -0.760. The molecule has 0 aliphatic heterocycles. The second-order valence-electron chi connectivity index (χ2n) is 14.5. The molecule has 3 rings (SSSR count). The molecular formula is C38H58N2O3. The molecule has 1 aliphatic rings. The van der Waals surface area contributed by atoms with Gasteiger partial charge in [-0.1, -0.05) is 58.0 Å². The molecule has 0 heterocycles. The van der Waals surface area contributed by atoms with E-state index >= 15 is 0 Å². The summed E-state index contributed by atoms with van der Waals surface area (Å²) in [5.41, 5.74) is 19.5. The molecule has 5 nitrogen and oxygen atoms in total. The Morgan fingerprint density at radius 3 is 2.09 bits per heavy atom. The maximum Gasteiger partial charge on any atom is 0.313 e. The number of ether oxygens (including phenoxy) is 2. The fourth-order valence-electron chi connectivity index (χ4n) is 5.58. The average molecular weight is 591 g/mol. The van der Waals surface area contributed by atoms with Crippen LogP contribution in [0.25, 0.3) is 11.6 Å². The molecule has 0 spiro atoms. The highest BCUT2D eigenvalue weighted by Crippen LogP contribution is 2.34. The first-order valence-electron chi connectivity index (χ1n) is 16.5. The number of allylic oxidation sites excluding steroid dienone is 1. The van der Waals surface area contributed by atoms with Crippen LogP contribution in [0.15, 0.2) is 36.4 Å². The minimum Gasteiger partial charge on any atom is -0.494 e. The molecule has 2 aromatic rings. The number of carbonyl (C=O) groups is 1. The zero-order valence-electron chi connectivity index (χ0n) is 28.2. The third-order valence-electron chi connectivity index (χ3n) is 8.76.